The third kappa shape index (κ3) is 2.64. The summed E-state index contributed by atoms with van der Waals surface area (Å²) in [6.45, 7) is 2.08. The quantitative estimate of drug-likeness (QED) is 0.816. The minimum absolute atomic E-state index is 0.544. The van der Waals surface area contributed by atoms with Crippen LogP contribution in [0.25, 0.3) is 11.0 Å². The molecule has 1 aliphatic heterocycles. The van der Waals surface area contributed by atoms with Crippen LogP contribution in [0.2, 0.25) is 0 Å². The minimum atomic E-state index is 0.544. The Morgan fingerprint density at radius 2 is 2.33 bits per heavy atom. The fourth-order valence-electron chi connectivity index (χ4n) is 3.19. The number of aromatic nitrogens is 2. The Morgan fingerprint density at radius 3 is 3.00 bits per heavy atom. The average molecular weight is 303 g/mol. The van der Waals surface area contributed by atoms with Crippen LogP contribution in [0.15, 0.2) is 18.2 Å². The molecule has 1 aromatic carbocycles. The second kappa shape index (κ2) is 6.05. The molecule has 0 saturated carbocycles. The summed E-state index contributed by atoms with van der Waals surface area (Å²) < 4.78 is 2.26. The van der Waals surface area contributed by atoms with Gasteiger partial charge >= 0.3 is 0 Å². The summed E-state index contributed by atoms with van der Waals surface area (Å²) in [4.78, 5) is 7.08. The van der Waals surface area contributed by atoms with E-state index in [4.69, 9.17) is 11.6 Å². The van der Waals surface area contributed by atoms with Crippen molar-refractivity contribution in [2.75, 3.05) is 19.5 Å². The van der Waals surface area contributed by atoms with E-state index in [0.29, 0.717) is 17.5 Å². The maximum absolute atomic E-state index is 9.26. The SMILES string of the molecule is CN1CCCC1Cn1c(CCCl)nc2c(C#N)cccc21. The molecule has 3 rings (SSSR count). The van der Waals surface area contributed by atoms with E-state index in [1.807, 2.05) is 12.1 Å². The van der Waals surface area contributed by atoms with Crippen LogP contribution in [0, 0.1) is 11.3 Å². The van der Waals surface area contributed by atoms with E-state index in [0.717, 1.165) is 36.4 Å². The van der Waals surface area contributed by atoms with Crippen molar-refractivity contribution in [2.45, 2.75) is 31.8 Å². The monoisotopic (exact) mass is 302 g/mol. The second-order valence-corrected chi connectivity index (χ2v) is 6.02. The average Bonchev–Trinajstić information content (AvgIpc) is 3.05. The first-order chi connectivity index (χ1) is 10.2. The van der Waals surface area contributed by atoms with Crippen LogP contribution in [-0.4, -0.2) is 40.0 Å². The van der Waals surface area contributed by atoms with Gasteiger partial charge < -0.3 is 9.47 Å². The number of benzene rings is 1. The van der Waals surface area contributed by atoms with Crippen molar-refractivity contribution < 1.29 is 0 Å². The van der Waals surface area contributed by atoms with Crippen molar-refractivity contribution in [2.24, 2.45) is 0 Å². The molecule has 0 bridgehead atoms. The van der Waals surface area contributed by atoms with Gasteiger partial charge in [0, 0.05) is 24.9 Å². The van der Waals surface area contributed by atoms with Gasteiger partial charge in [0.05, 0.1) is 11.1 Å². The molecule has 0 spiro atoms. The van der Waals surface area contributed by atoms with Gasteiger partial charge in [0.1, 0.15) is 17.4 Å². The summed E-state index contributed by atoms with van der Waals surface area (Å²) in [5.74, 6) is 1.54. The van der Waals surface area contributed by atoms with E-state index < -0.39 is 0 Å². The highest BCUT2D eigenvalue weighted by atomic mass is 35.5. The Balaban J connectivity index is 2.06. The molecular formula is C16H19ClN4. The lowest BCUT2D eigenvalue weighted by Gasteiger charge is -2.21. The number of aryl methyl sites for hydroxylation is 1. The molecule has 2 heterocycles. The molecule has 1 fully saturated rings. The molecule has 5 heteroatoms. The fourth-order valence-corrected chi connectivity index (χ4v) is 3.35. The number of para-hydroxylation sites is 1. The first-order valence-corrected chi connectivity index (χ1v) is 7.92. The Kier molecular flexibility index (Phi) is 4.14. The largest absolute Gasteiger partial charge is 0.326 e. The molecule has 0 radical (unpaired) electrons. The Bertz CT molecular complexity index is 685. The highest BCUT2D eigenvalue weighted by Gasteiger charge is 2.23. The molecule has 1 unspecified atom stereocenters. The summed E-state index contributed by atoms with van der Waals surface area (Å²) in [5.41, 5.74) is 2.50. The van der Waals surface area contributed by atoms with Gasteiger partial charge in [-0.05, 0) is 38.6 Å². The Morgan fingerprint density at radius 1 is 1.48 bits per heavy atom. The van der Waals surface area contributed by atoms with Crippen molar-refractivity contribution >= 4 is 22.6 Å². The van der Waals surface area contributed by atoms with Crippen LogP contribution in [0.5, 0.6) is 0 Å². The molecule has 2 aromatic rings. The van der Waals surface area contributed by atoms with Crippen molar-refractivity contribution in [3.8, 4) is 6.07 Å². The van der Waals surface area contributed by atoms with E-state index in [-0.39, 0.29) is 0 Å². The van der Waals surface area contributed by atoms with Gasteiger partial charge in [-0.15, -0.1) is 11.6 Å². The highest BCUT2D eigenvalue weighted by molar-refractivity contribution is 6.17. The third-order valence-corrected chi connectivity index (χ3v) is 4.55. The molecule has 0 aliphatic carbocycles. The molecule has 0 N–H and O–H groups in total. The predicted molar refractivity (Wildman–Crippen MR) is 84.5 cm³/mol. The van der Waals surface area contributed by atoms with E-state index in [2.05, 4.69) is 33.6 Å². The van der Waals surface area contributed by atoms with Crippen LogP contribution in [-0.2, 0) is 13.0 Å². The number of rotatable bonds is 4. The second-order valence-electron chi connectivity index (χ2n) is 5.64. The molecule has 1 saturated heterocycles. The summed E-state index contributed by atoms with van der Waals surface area (Å²) in [5, 5.41) is 9.26. The van der Waals surface area contributed by atoms with Crippen molar-refractivity contribution in [3.63, 3.8) is 0 Å². The summed E-state index contributed by atoms with van der Waals surface area (Å²) >= 11 is 5.93. The first kappa shape index (κ1) is 14.4. The van der Waals surface area contributed by atoms with Gasteiger partial charge in [0.25, 0.3) is 0 Å². The maximum Gasteiger partial charge on any atom is 0.111 e. The zero-order valence-corrected chi connectivity index (χ0v) is 13.0. The van der Waals surface area contributed by atoms with E-state index in [1.54, 1.807) is 0 Å². The molecule has 110 valence electrons. The maximum atomic E-state index is 9.26. The lowest BCUT2D eigenvalue weighted by Crippen LogP contribution is -2.29. The van der Waals surface area contributed by atoms with Gasteiger partial charge in [0.15, 0.2) is 0 Å². The number of likely N-dealkylation sites (N-methyl/N-ethyl adjacent to an activating group) is 1. The molecule has 4 nitrogen and oxygen atoms in total. The molecule has 0 amide bonds. The molecule has 1 atom stereocenters. The fraction of sp³-hybridized carbons (Fsp3) is 0.500. The number of fused-ring (bicyclic) bond motifs is 1. The number of imidazole rings is 1. The predicted octanol–water partition coefficient (Wildman–Crippen LogP) is 2.78. The van der Waals surface area contributed by atoms with Gasteiger partial charge in [-0.25, -0.2) is 4.98 Å². The number of halogens is 1. The Labute approximate surface area is 129 Å². The topological polar surface area (TPSA) is 44.9 Å². The van der Waals surface area contributed by atoms with Gasteiger partial charge in [0.2, 0.25) is 0 Å². The van der Waals surface area contributed by atoms with Gasteiger partial charge in [-0.2, -0.15) is 5.26 Å². The number of likely N-dealkylation sites (tertiary alicyclic amines) is 1. The highest BCUT2D eigenvalue weighted by Crippen LogP contribution is 2.24. The lowest BCUT2D eigenvalue weighted by molar-refractivity contribution is 0.282. The zero-order valence-electron chi connectivity index (χ0n) is 12.2. The third-order valence-electron chi connectivity index (χ3n) is 4.36. The Hall–Kier alpha value is -1.57. The van der Waals surface area contributed by atoms with Crippen LogP contribution in [0.1, 0.15) is 24.2 Å². The lowest BCUT2D eigenvalue weighted by atomic mass is 10.2. The van der Waals surface area contributed by atoms with Crippen LogP contribution < -0.4 is 0 Å². The van der Waals surface area contributed by atoms with E-state index in [9.17, 15) is 5.26 Å². The first-order valence-electron chi connectivity index (χ1n) is 7.39. The van der Waals surface area contributed by atoms with E-state index in [1.165, 1.54) is 12.8 Å². The van der Waals surface area contributed by atoms with Crippen LogP contribution in [0.3, 0.4) is 0 Å². The number of hydrogen-bond donors (Lipinski definition) is 0. The smallest absolute Gasteiger partial charge is 0.111 e. The molecular weight excluding hydrogens is 284 g/mol. The molecule has 1 aliphatic rings. The summed E-state index contributed by atoms with van der Waals surface area (Å²) in [6, 6.07) is 8.59. The number of alkyl halides is 1. The van der Waals surface area contributed by atoms with Crippen LogP contribution >= 0.6 is 11.6 Å². The molecule has 21 heavy (non-hydrogen) atoms. The van der Waals surface area contributed by atoms with Crippen molar-refractivity contribution in [3.05, 3.63) is 29.6 Å². The number of nitrogens with zero attached hydrogens (tertiary/aromatic N) is 4. The number of hydrogen-bond acceptors (Lipinski definition) is 3. The van der Waals surface area contributed by atoms with E-state index >= 15 is 0 Å². The normalized spacial score (nSPS) is 19.2. The van der Waals surface area contributed by atoms with Gasteiger partial charge in [-0.3, -0.25) is 0 Å². The van der Waals surface area contributed by atoms with Gasteiger partial charge in [-0.1, -0.05) is 6.07 Å². The molecule has 1 aromatic heterocycles. The summed E-state index contributed by atoms with van der Waals surface area (Å²) in [7, 11) is 2.18. The van der Waals surface area contributed by atoms with Crippen molar-refractivity contribution in [1.82, 2.24) is 14.5 Å². The number of nitriles is 1. The standard InChI is InChI=1S/C16H19ClN4/c1-20-9-3-5-13(20)11-21-14-6-2-4-12(10-18)16(14)19-15(21)7-8-17/h2,4,6,13H,3,5,7-9,11H2,1H3. The summed E-state index contributed by atoms with van der Waals surface area (Å²) in [6.07, 6.45) is 3.20. The minimum Gasteiger partial charge on any atom is -0.326 e. The van der Waals surface area contributed by atoms with Crippen molar-refractivity contribution in [1.29, 1.82) is 5.26 Å². The zero-order chi connectivity index (χ0) is 14.8. The van der Waals surface area contributed by atoms with Crippen LogP contribution in [0.4, 0.5) is 0 Å².